The van der Waals surface area contributed by atoms with Gasteiger partial charge in [0.1, 0.15) is 17.4 Å². The molecule has 0 saturated heterocycles. The highest BCUT2D eigenvalue weighted by Crippen LogP contribution is 2.17. The van der Waals surface area contributed by atoms with Gasteiger partial charge in [-0.1, -0.05) is 19.1 Å². The van der Waals surface area contributed by atoms with Crippen molar-refractivity contribution in [3.63, 3.8) is 0 Å². The Hall–Kier alpha value is -2.28. The average molecular weight is 272 g/mol. The number of nitriles is 1. The molecule has 0 atom stereocenters. The molecule has 4 nitrogen and oxygen atoms in total. The van der Waals surface area contributed by atoms with Gasteiger partial charge in [0.25, 0.3) is 5.91 Å². The maximum Gasteiger partial charge on any atom is 0.261 e. The van der Waals surface area contributed by atoms with E-state index in [4.69, 9.17) is 10.00 Å². The monoisotopic (exact) mass is 272 g/mol. The van der Waals surface area contributed by atoms with Gasteiger partial charge in [-0.15, -0.1) is 0 Å². The normalized spacial score (nSPS) is 11.1. The lowest BCUT2D eigenvalue weighted by Gasteiger charge is -2.10. The molecular weight excluding hydrogens is 252 g/mol. The fourth-order valence-electron chi connectivity index (χ4n) is 1.60. The Morgan fingerprint density at radius 1 is 1.50 bits per heavy atom. The first kappa shape index (κ1) is 15.8. The molecule has 0 heterocycles. The van der Waals surface area contributed by atoms with Crippen LogP contribution in [-0.4, -0.2) is 18.6 Å². The summed E-state index contributed by atoms with van der Waals surface area (Å²) < 4.78 is 5.58. The Bertz CT molecular complexity index is 528. The average Bonchev–Trinajstić information content (AvgIpc) is 2.41. The first-order chi connectivity index (χ1) is 9.56. The number of benzene rings is 1. The SMILES string of the molecule is CCCNC(=O)C(C#N)=Cc1cccc(OC(C)C)c1. The van der Waals surface area contributed by atoms with E-state index in [0.29, 0.717) is 6.54 Å². The van der Waals surface area contributed by atoms with E-state index >= 15 is 0 Å². The van der Waals surface area contributed by atoms with Crippen LogP contribution >= 0.6 is 0 Å². The molecule has 1 amide bonds. The van der Waals surface area contributed by atoms with E-state index in [-0.39, 0.29) is 17.6 Å². The van der Waals surface area contributed by atoms with Crippen molar-refractivity contribution in [2.75, 3.05) is 6.54 Å². The predicted octanol–water partition coefficient (Wildman–Crippen LogP) is 2.91. The van der Waals surface area contributed by atoms with E-state index in [1.54, 1.807) is 6.08 Å². The van der Waals surface area contributed by atoms with Gasteiger partial charge >= 0.3 is 0 Å². The zero-order chi connectivity index (χ0) is 15.0. The van der Waals surface area contributed by atoms with Crippen LogP contribution in [0.4, 0.5) is 0 Å². The zero-order valence-corrected chi connectivity index (χ0v) is 12.1. The van der Waals surface area contributed by atoms with E-state index in [1.807, 2.05) is 51.1 Å². The van der Waals surface area contributed by atoms with Crippen molar-refractivity contribution >= 4 is 12.0 Å². The van der Waals surface area contributed by atoms with Crippen LogP contribution in [0.5, 0.6) is 5.75 Å². The van der Waals surface area contributed by atoms with Crippen molar-refractivity contribution in [1.82, 2.24) is 5.32 Å². The van der Waals surface area contributed by atoms with Gasteiger partial charge in [0.2, 0.25) is 0 Å². The molecule has 1 N–H and O–H groups in total. The number of amides is 1. The first-order valence-electron chi connectivity index (χ1n) is 6.73. The second-order valence-corrected chi connectivity index (χ2v) is 4.66. The van der Waals surface area contributed by atoms with E-state index in [1.165, 1.54) is 0 Å². The zero-order valence-electron chi connectivity index (χ0n) is 12.1. The van der Waals surface area contributed by atoms with Crippen molar-refractivity contribution in [3.05, 3.63) is 35.4 Å². The molecule has 0 aliphatic rings. The quantitative estimate of drug-likeness (QED) is 0.639. The summed E-state index contributed by atoms with van der Waals surface area (Å²) in [5, 5.41) is 11.8. The fourth-order valence-corrected chi connectivity index (χ4v) is 1.60. The standard InChI is InChI=1S/C16H20N2O2/c1-4-8-18-16(19)14(11-17)9-13-6-5-7-15(10-13)20-12(2)3/h5-7,9-10,12H,4,8H2,1-3H3,(H,18,19). The van der Waals surface area contributed by atoms with Gasteiger partial charge in [0.15, 0.2) is 0 Å². The Labute approximate surface area is 120 Å². The van der Waals surface area contributed by atoms with Crippen molar-refractivity contribution in [2.24, 2.45) is 0 Å². The summed E-state index contributed by atoms with van der Waals surface area (Å²) in [5.74, 6) is 0.379. The van der Waals surface area contributed by atoms with Crippen LogP contribution in [0.25, 0.3) is 6.08 Å². The summed E-state index contributed by atoms with van der Waals surface area (Å²) in [5.41, 5.74) is 0.867. The Morgan fingerprint density at radius 2 is 2.25 bits per heavy atom. The number of nitrogens with zero attached hydrogens (tertiary/aromatic N) is 1. The number of hydrogen-bond acceptors (Lipinski definition) is 3. The Balaban J connectivity index is 2.90. The minimum atomic E-state index is -0.343. The van der Waals surface area contributed by atoms with Crippen LogP contribution in [0.3, 0.4) is 0 Å². The maximum absolute atomic E-state index is 11.8. The molecule has 106 valence electrons. The highest BCUT2D eigenvalue weighted by Gasteiger charge is 2.08. The molecule has 20 heavy (non-hydrogen) atoms. The van der Waals surface area contributed by atoms with E-state index < -0.39 is 0 Å². The number of carbonyl (C=O) groups is 1. The van der Waals surface area contributed by atoms with Gasteiger partial charge in [0.05, 0.1) is 6.10 Å². The summed E-state index contributed by atoms with van der Waals surface area (Å²) in [6.45, 7) is 6.42. The largest absolute Gasteiger partial charge is 0.491 e. The van der Waals surface area contributed by atoms with Gasteiger partial charge < -0.3 is 10.1 Å². The molecule has 0 aliphatic heterocycles. The number of ether oxygens (including phenoxy) is 1. The lowest BCUT2D eigenvalue weighted by molar-refractivity contribution is -0.117. The molecule has 0 aromatic heterocycles. The minimum absolute atomic E-state index is 0.0810. The number of carbonyl (C=O) groups excluding carboxylic acids is 1. The van der Waals surface area contributed by atoms with Gasteiger partial charge in [0, 0.05) is 6.54 Å². The molecule has 0 radical (unpaired) electrons. The van der Waals surface area contributed by atoms with Gasteiger partial charge in [-0.3, -0.25) is 4.79 Å². The van der Waals surface area contributed by atoms with Crippen LogP contribution in [-0.2, 0) is 4.79 Å². The summed E-state index contributed by atoms with van der Waals surface area (Å²) in [4.78, 5) is 11.8. The highest BCUT2D eigenvalue weighted by molar-refractivity contribution is 6.01. The third kappa shape index (κ3) is 5.15. The van der Waals surface area contributed by atoms with Crippen molar-refractivity contribution < 1.29 is 9.53 Å². The smallest absolute Gasteiger partial charge is 0.261 e. The third-order valence-corrected chi connectivity index (χ3v) is 2.44. The molecule has 0 unspecified atom stereocenters. The maximum atomic E-state index is 11.8. The van der Waals surface area contributed by atoms with Crippen LogP contribution in [0.2, 0.25) is 0 Å². The summed E-state index contributed by atoms with van der Waals surface area (Å²) in [6.07, 6.45) is 2.48. The van der Waals surface area contributed by atoms with Gasteiger partial charge in [-0.05, 0) is 44.0 Å². The number of rotatable bonds is 6. The Morgan fingerprint density at radius 3 is 2.85 bits per heavy atom. The first-order valence-corrected chi connectivity index (χ1v) is 6.73. The second kappa shape index (κ2) is 8.00. The van der Waals surface area contributed by atoms with Gasteiger partial charge in [-0.2, -0.15) is 5.26 Å². The lowest BCUT2D eigenvalue weighted by Crippen LogP contribution is -2.25. The van der Waals surface area contributed by atoms with Crippen LogP contribution in [0.1, 0.15) is 32.8 Å². The van der Waals surface area contributed by atoms with Crippen LogP contribution < -0.4 is 10.1 Å². The van der Waals surface area contributed by atoms with Crippen molar-refractivity contribution in [1.29, 1.82) is 5.26 Å². The van der Waals surface area contributed by atoms with E-state index in [0.717, 1.165) is 17.7 Å². The summed E-state index contributed by atoms with van der Waals surface area (Å²) in [7, 11) is 0. The van der Waals surface area contributed by atoms with Crippen LogP contribution in [0, 0.1) is 11.3 Å². The molecule has 4 heteroatoms. The topological polar surface area (TPSA) is 62.1 Å². The molecule has 1 rings (SSSR count). The third-order valence-electron chi connectivity index (χ3n) is 2.44. The highest BCUT2D eigenvalue weighted by atomic mass is 16.5. The Kier molecular flexibility index (Phi) is 6.31. The molecule has 1 aromatic carbocycles. The molecule has 0 bridgehead atoms. The minimum Gasteiger partial charge on any atom is -0.491 e. The molecule has 0 spiro atoms. The van der Waals surface area contributed by atoms with Crippen molar-refractivity contribution in [3.8, 4) is 11.8 Å². The summed E-state index contributed by atoms with van der Waals surface area (Å²) >= 11 is 0. The molecule has 1 aromatic rings. The number of hydrogen-bond donors (Lipinski definition) is 1. The van der Waals surface area contributed by atoms with E-state index in [2.05, 4.69) is 5.32 Å². The number of nitrogens with one attached hydrogen (secondary N) is 1. The molecule has 0 aliphatic carbocycles. The van der Waals surface area contributed by atoms with Gasteiger partial charge in [-0.25, -0.2) is 0 Å². The van der Waals surface area contributed by atoms with E-state index in [9.17, 15) is 4.79 Å². The summed E-state index contributed by atoms with van der Waals surface area (Å²) in [6, 6.07) is 9.25. The predicted molar refractivity (Wildman–Crippen MR) is 79.1 cm³/mol. The van der Waals surface area contributed by atoms with Crippen LogP contribution in [0.15, 0.2) is 29.8 Å². The van der Waals surface area contributed by atoms with Crippen molar-refractivity contribution in [2.45, 2.75) is 33.3 Å². The lowest BCUT2D eigenvalue weighted by atomic mass is 10.1. The molecular formula is C16H20N2O2. The molecule has 0 fully saturated rings. The molecule has 0 saturated carbocycles. The fraction of sp³-hybridized carbons (Fsp3) is 0.375. The second-order valence-electron chi connectivity index (χ2n) is 4.66.